The van der Waals surface area contributed by atoms with E-state index in [0.717, 1.165) is 5.57 Å². The van der Waals surface area contributed by atoms with Gasteiger partial charge in [0, 0.05) is 17.2 Å². The van der Waals surface area contributed by atoms with Crippen LogP contribution in [0.1, 0.15) is 64.7 Å². The van der Waals surface area contributed by atoms with Gasteiger partial charge in [-0.1, -0.05) is 11.6 Å². The Labute approximate surface area is 198 Å². The summed E-state index contributed by atoms with van der Waals surface area (Å²) in [7, 11) is 0. The maximum Gasteiger partial charge on any atom is 0.204 e. The first-order chi connectivity index (χ1) is 15.9. The van der Waals surface area contributed by atoms with Gasteiger partial charge < -0.3 is 24.1 Å². The number of hydrogen-bond acceptors (Lipinski definition) is 6. The number of fused-ring (bicyclic) bond motifs is 5. The van der Waals surface area contributed by atoms with Gasteiger partial charge in [0.15, 0.2) is 11.5 Å². The molecule has 0 amide bonds. The summed E-state index contributed by atoms with van der Waals surface area (Å²) in [5, 5.41) is 22.8. The first-order valence-electron chi connectivity index (χ1n) is 11.6. The van der Waals surface area contributed by atoms with Crippen molar-refractivity contribution in [3.63, 3.8) is 0 Å². The minimum atomic E-state index is -0.555. The second-order valence-corrected chi connectivity index (χ2v) is 10.7. The van der Waals surface area contributed by atoms with Gasteiger partial charge in [0.25, 0.3) is 0 Å². The minimum absolute atomic E-state index is 0.00206. The normalized spacial score (nSPS) is 17.6. The van der Waals surface area contributed by atoms with Crippen molar-refractivity contribution >= 4 is 28.0 Å². The Bertz CT molecular complexity index is 1480. The molecule has 6 nitrogen and oxygen atoms in total. The third-order valence-electron chi connectivity index (χ3n) is 6.60. The molecule has 0 atom stereocenters. The Morgan fingerprint density at radius 3 is 2.53 bits per heavy atom. The molecule has 0 unspecified atom stereocenters. The van der Waals surface area contributed by atoms with Crippen LogP contribution in [0, 0.1) is 0 Å². The average molecular weight is 463 g/mol. The van der Waals surface area contributed by atoms with Gasteiger partial charge >= 0.3 is 0 Å². The smallest absolute Gasteiger partial charge is 0.204 e. The quantitative estimate of drug-likeness (QED) is 0.351. The zero-order chi connectivity index (χ0) is 24.6. The summed E-state index contributed by atoms with van der Waals surface area (Å²) in [5.74, 6) is 0.602. The van der Waals surface area contributed by atoms with Gasteiger partial charge in [0.05, 0.1) is 10.9 Å². The van der Waals surface area contributed by atoms with Crippen LogP contribution in [0.15, 0.2) is 33.0 Å². The van der Waals surface area contributed by atoms with Crippen molar-refractivity contribution in [2.45, 2.75) is 72.0 Å². The zero-order valence-electron chi connectivity index (χ0n) is 20.5. The fourth-order valence-electron chi connectivity index (χ4n) is 4.76. The fourth-order valence-corrected chi connectivity index (χ4v) is 4.76. The summed E-state index contributed by atoms with van der Waals surface area (Å²) in [6, 6.07) is 1.65. The standard InChI is InChI=1S/C28H30O6/c1-14(2)7-8-17-23(30)26-16(10-12-28(5,6)34-26)20-24(31)21-19(32-25(17)20)13-18-15(22(21)29)9-11-27(3,4)33-18/h7,9,11,13,29-30H,8,10,12H2,1-6H3. The number of phenolic OH excluding ortho intramolecular Hbond substituents is 2. The van der Waals surface area contributed by atoms with Gasteiger partial charge in [0.1, 0.15) is 39.3 Å². The second-order valence-electron chi connectivity index (χ2n) is 10.7. The van der Waals surface area contributed by atoms with Gasteiger partial charge in [-0.15, -0.1) is 0 Å². The molecule has 0 bridgehead atoms. The Morgan fingerprint density at radius 1 is 1.09 bits per heavy atom. The summed E-state index contributed by atoms with van der Waals surface area (Å²) in [4.78, 5) is 13.9. The molecule has 1 aromatic heterocycles. The number of hydrogen-bond donors (Lipinski definition) is 2. The van der Waals surface area contributed by atoms with Crippen LogP contribution in [0.25, 0.3) is 28.0 Å². The maximum atomic E-state index is 13.9. The number of aromatic hydroxyl groups is 2. The van der Waals surface area contributed by atoms with E-state index in [-0.39, 0.29) is 27.9 Å². The van der Waals surface area contributed by atoms with Crippen LogP contribution >= 0.6 is 0 Å². The van der Waals surface area contributed by atoms with E-state index < -0.39 is 11.2 Å². The van der Waals surface area contributed by atoms with Crippen LogP contribution in [-0.4, -0.2) is 21.4 Å². The molecule has 2 aromatic carbocycles. The highest BCUT2D eigenvalue weighted by Gasteiger charge is 2.34. The number of rotatable bonds is 2. The molecule has 3 aromatic rings. The molecule has 3 heterocycles. The van der Waals surface area contributed by atoms with E-state index in [2.05, 4.69) is 0 Å². The molecule has 0 saturated carbocycles. The second kappa shape index (κ2) is 7.29. The summed E-state index contributed by atoms with van der Waals surface area (Å²) < 4.78 is 18.5. The van der Waals surface area contributed by atoms with Crippen molar-refractivity contribution in [3.05, 3.63) is 50.7 Å². The van der Waals surface area contributed by atoms with Crippen LogP contribution in [0.5, 0.6) is 23.0 Å². The van der Waals surface area contributed by atoms with E-state index in [1.165, 1.54) is 0 Å². The molecule has 2 aliphatic rings. The lowest BCUT2D eigenvalue weighted by molar-refractivity contribution is 0.0809. The molecule has 34 heavy (non-hydrogen) atoms. The van der Waals surface area contributed by atoms with Crippen LogP contribution in [0.4, 0.5) is 0 Å². The molecule has 0 aliphatic carbocycles. The van der Waals surface area contributed by atoms with E-state index in [1.54, 1.807) is 12.1 Å². The van der Waals surface area contributed by atoms with Gasteiger partial charge in [0.2, 0.25) is 5.43 Å². The van der Waals surface area contributed by atoms with E-state index in [4.69, 9.17) is 13.9 Å². The van der Waals surface area contributed by atoms with Crippen molar-refractivity contribution in [2.75, 3.05) is 0 Å². The Balaban J connectivity index is 1.91. The lowest BCUT2D eigenvalue weighted by atomic mass is 9.89. The van der Waals surface area contributed by atoms with E-state index in [1.807, 2.05) is 53.7 Å². The number of allylic oxidation sites excluding steroid dienone is 2. The highest BCUT2D eigenvalue weighted by molar-refractivity contribution is 6.00. The summed E-state index contributed by atoms with van der Waals surface area (Å²) in [6.45, 7) is 11.7. The van der Waals surface area contributed by atoms with Crippen molar-refractivity contribution < 1.29 is 24.1 Å². The molecular weight excluding hydrogens is 432 g/mol. The fraction of sp³-hybridized carbons (Fsp3) is 0.393. The van der Waals surface area contributed by atoms with Crippen LogP contribution < -0.4 is 14.9 Å². The van der Waals surface area contributed by atoms with Gasteiger partial charge in [-0.05, 0) is 73.0 Å². The predicted octanol–water partition coefficient (Wildman–Crippen LogP) is 6.15. The molecule has 0 radical (unpaired) electrons. The summed E-state index contributed by atoms with van der Waals surface area (Å²) >= 11 is 0. The molecule has 2 aliphatic heterocycles. The predicted molar refractivity (Wildman–Crippen MR) is 133 cm³/mol. The molecule has 178 valence electrons. The summed E-state index contributed by atoms with van der Waals surface area (Å²) in [6.07, 6.45) is 7.20. The van der Waals surface area contributed by atoms with Crippen molar-refractivity contribution in [3.8, 4) is 23.0 Å². The van der Waals surface area contributed by atoms with Crippen molar-refractivity contribution in [1.29, 1.82) is 0 Å². The maximum absolute atomic E-state index is 13.9. The molecule has 0 spiro atoms. The van der Waals surface area contributed by atoms with Crippen LogP contribution in [0.3, 0.4) is 0 Å². The average Bonchev–Trinajstić information content (AvgIpc) is 2.72. The van der Waals surface area contributed by atoms with Crippen LogP contribution in [-0.2, 0) is 12.8 Å². The van der Waals surface area contributed by atoms with E-state index in [9.17, 15) is 15.0 Å². The topological polar surface area (TPSA) is 89.1 Å². The Morgan fingerprint density at radius 2 is 1.82 bits per heavy atom. The molecular formula is C28H30O6. The monoisotopic (exact) mass is 462 g/mol. The number of aryl methyl sites for hydroxylation is 1. The van der Waals surface area contributed by atoms with Gasteiger partial charge in [-0.25, -0.2) is 0 Å². The molecule has 6 heteroatoms. The number of benzene rings is 2. The third-order valence-corrected chi connectivity index (χ3v) is 6.60. The lowest BCUT2D eigenvalue weighted by Gasteiger charge is -2.34. The largest absolute Gasteiger partial charge is 0.506 e. The van der Waals surface area contributed by atoms with Crippen LogP contribution in [0.2, 0.25) is 0 Å². The molecule has 2 N–H and O–H groups in total. The van der Waals surface area contributed by atoms with E-state index in [0.29, 0.717) is 58.4 Å². The minimum Gasteiger partial charge on any atom is -0.506 e. The SMILES string of the molecule is CC(C)=CCc1c(O)c2c(c3c(=O)c4c(O)c5c(cc4oc13)OC(C)(C)C=C5)CCC(C)(C)O2. The molecule has 0 saturated heterocycles. The highest BCUT2D eigenvalue weighted by atomic mass is 16.5. The van der Waals surface area contributed by atoms with E-state index >= 15 is 0 Å². The van der Waals surface area contributed by atoms with Crippen molar-refractivity contribution in [1.82, 2.24) is 0 Å². The van der Waals surface area contributed by atoms with Crippen molar-refractivity contribution in [2.24, 2.45) is 0 Å². The molecule has 0 fully saturated rings. The molecule has 5 rings (SSSR count). The van der Waals surface area contributed by atoms with Gasteiger partial charge in [-0.2, -0.15) is 0 Å². The highest BCUT2D eigenvalue weighted by Crippen LogP contribution is 2.48. The zero-order valence-corrected chi connectivity index (χ0v) is 20.5. The Kier molecular flexibility index (Phi) is 4.80. The lowest BCUT2D eigenvalue weighted by Crippen LogP contribution is -2.33. The first-order valence-corrected chi connectivity index (χ1v) is 11.6. The number of phenols is 2. The number of ether oxygens (including phenoxy) is 2. The Hall–Kier alpha value is -3.41. The van der Waals surface area contributed by atoms with Gasteiger partial charge in [-0.3, -0.25) is 4.79 Å². The first kappa shape index (κ1) is 22.4. The summed E-state index contributed by atoms with van der Waals surface area (Å²) in [5.41, 5.74) is 1.80. The third kappa shape index (κ3) is 3.44.